The molecule has 2 aromatic carbocycles. The van der Waals surface area contributed by atoms with Gasteiger partial charge in [-0.15, -0.1) is 0 Å². The van der Waals surface area contributed by atoms with E-state index in [-0.39, 0.29) is 18.1 Å². The van der Waals surface area contributed by atoms with Crippen LogP contribution >= 0.6 is 11.6 Å². The molecule has 4 heterocycles. The second kappa shape index (κ2) is 11.9. The molecule has 8 rings (SSSR count). The second-order valence-corrected chi connectivity index (χ2v) is 14.7. The summed E-state index contributed by atoms with van der Waals surface area (Å²) in [4.78, 5) is 20.8. The molecule has 49 heavy (non-hydrogen) atoms. The van der Waals surface area contributed by atoms with Crippen molar-refractivity contribution in [1.29, 1.82) is 0 Å². The van der Waals surface area contributed by atoms with Crippen LogP contribution in [0.2, 0.25) is 5.02 Å². The Hall–Kier alpha value is -4.39. The molecule has 4 aromatic rings. The van der Waals surface area contributed by atoms with Crippen molar-refractivity contribution in [3.05, 3.63) is 70.3 Å². The summed E-state index contributed by atoms with van der Waals surface area (Å²) < 4.78 is 8.41. The molecule has 12 nitrogen and oxygen atoms in total. The Morgan fingerprint density at radius 3 is 2.73 bits per heavy atom. The predicted octanol–water partition coefficient (Wildman–Crippen LogP) is 5.22. The van der Waals surface area contributed by atoms with Crippen molar-refractivity contribution < 1.29 is 9.53 Å². The van der Waals surface area contributed by atoms with Crippen LogP contribution < -0.4 is 17.3 Å². The van der Waals surface area contributed by atoms with Crippen LogP contribution in [0.1, 0.15) is 62.1 Å². The molecule has 1 spiro atoms. The molecule has 2 saturated carbocycles. The van der Waals surface area contributed by atoms with Crippen LogP contribution in [-0.4, -0.2) is 72.5 Å². The van der Waals surface area contributed by atoms with E-state index < -0.39 is 5.60 Å². The summed E-state index contributed by atoms with van der Waals surface area (Å²) >= 11 is 7.12. The minimum Gasteiger partial charge on any atom is -0.401 e. The van der Waals surface area contributed by atoms with Gasteiger partial charge in [-0.1, -0.05) is 17.7 Å². The van der Waals surface area contributed by atoms with Crippen LogP contribution in [0.25, 0.3) is 33.1 Å². The number of urea groups is 1. The molecule has 7 N–H and O–H groups in total. The van der Waals surface area contributed by atoms with Crippen LogP contribution in [0.3, 0.4) is 0 Å². The van der Waals surface area contributed by atoms with Crippen molar-refractivity contribution in [1.82, 2.24) is 29.9 Å². The second-order valence-electron chi connectivity index (χ2n) is 14.3. The number of likely N-dealkylation sites (tertiary alicyclic amines) is 1. The molecule has 2 aliphatic carbocycles. The van der Waals surface area contributed by atoms with E-state index in [9.17, 15) is 4.79 Å². The number of ether oxygens (including phenoxy) is 1. The summed E-state index contributed by atoms with van der Waals surface area (Å²) in [7, 11) is 1.92. The molecule has 2 amide bonds. The smallest absolute Gasteiger partial charge is 0.338 e. The molecule has 3 atom stereocenters. The van der Waals surface area contributed by atoms with E-state index in [0.29, 0.717) is 47.8 Å². The van der Waals surface area contributed by atoms with Crippen LogP contribution in [0, 0.1) is 18.8 Å². The number of rotatable bonds is 7. The largest absolute Gasteiger partial charge is 0.401 e. The van der Waals surface area contributed by atoms with Gasteiger partial charge in [-0.25, -0.2) is 15.6 Å². The molecule has 2 aromatic heterocycles. The molecular formula is C36H43ClN10O2. The number of carbonyl (C=O) groups is 1. The molecule has 256 valence electrons. The van der Waals surface area contributed by atoms with Gasteiger partial charge in [-0.05, 0) is 81.2 Å². The third kappa shape index (κ3) is 5.55. The van der Waals surface area contributed by atoms with Gasteiger partial charge >= 0.3 is 6.03 Å². The van der Waals surface area contributed by atoms with Crippen molar-refractivity contribution in [2.45, 2.75) is 70.1 Å². The predicted molar refractivity (Wildman–Crippen MR) is 192 cm³/mol. The number of carbonyl (C=O) groups excluding carboxylic acids is 1. The van der Waals surface area contributed by atoms with Crippen LogP contribution in [0.15, 0.2) is 53.5 Å². The lowest BCUT2D eigenvalue weighted by Gasteiger charge is -2.59. The molecule has 3 unspecified atom stereocenters. The van der Waals surface area contributed by atoms with Crippen LogP contribution in [0.4, 0.5) is 4.79 Å². The first-order valence-electron chi connectivity index (χ1n) is 17.1. The average molecular weight is 683 g/mol. The number of aliphatic imine (C=N–C) groups is 1. The van der Waals surface area contributed by atoms with E-state index >= 15 is 0 Å². The minimum atomic E-state index is -0.477. The minimum absolute atomic E-state index is 0.0429. The monoisotopic (exact) mass is 682 g/mol. The highest BCUT2D eigenvalue weighted by atomic mass is 35.5. The van der Waals surface area contributed by atoms with E-state index in [0.717, 1.165) is 86.9 Å². The molecule has 4 aliphatic rings. The zero-order chi connectivity index (χ0) is 34.2. The van der Waals surface area contributed by atoms with Crippen molar-refractivity contribution in [3.8, 4) is 0 Å². The third-order valence-electron chi connectivity index (χ3n) is 10.8. The summed E-state index contributed by atoms with van der Waals surface area (Å²) in [6, 6.07) is 7.76. The number of nitrogens with two attached hydrogens (primary N) is 3. The van der Waals surface area contributed by atoms with E-state index in [2.05, 4.69) is 21.4 Å². The first-order chi connectivity index (χ1) is 23.5. The number of allylic oxidation sites excluding steroid dienone is 2. The number of hydrogen-bond donors (Lipinski definition) is 4. The number of aromatic nitrogens is 4. The number of hydrazine groups is 1. The van der Waals surface area contributed by atoms with Crippen molar-refractivity contribution in [2.75, 3.05) is 13.2 Å². The number of benzene rings is 2. The fraction of sp³-hybridized carbons (Fsp3) is 0.444. The zero-order valence-electron chi connectivity index (χ0n) is 28.1. The molecule has 2 aliphatic heterocycles. The maximum Gasteiger partial charge on any atom is 0.338 e. The number of aromatic amines is 1. The summed E-state index contributed by atoms with van der Waals surface area (Å²) in [5.74, 6) is 6.93. The Kier molecular flexibility index (Phi) is 7.73. The van der Waals surface area contributed by atoms with Crippen LogP contribution in [-0.2, 0) is 11.8 Å². The summed E-state index contributed by atoms with van der Waals surface area (Å²) in [6.45, 7) is 5.01. The third-order valence-corrected chi connectivity index (χ3v) is 11.3. The van der Waals surface area contributed by atoms with Gasteiger partial charge in [-0.2, -0.15) is 10.2 Å². The number of hydrogen-bond acceptors (Lipinski definition) is 8. The molecule has 13 heteroatoms. The van der Waals surface area contributed by atoms with Crippen molar-refractivity contribution in [3.63, 3.8) is 0 Å². The van der Waals surface area contributed by atoms with Gasteiger partial charge in [0, 0.05) is 71.2 Å². The van der Waals surface area contributed by atoms with E-state index in [4.69, 9.17) is 38.6 Å². The van der Waals surface area contributed by atoms with Gasteiger partial charge in [0.25, 0.3) is 0 Å². The Labute approximate surface area is 289 Å². The zero-order valence-corrected chi connectivity index (χ0v) is 28.9. The quantitative estimate of drug-likeness (QED) is 0.0681. The van der Waals surface area contributed by atoms with Gasteiger partial charge in [0.1, 0.15) is 5.60 Å². The molecule has 4 fully saturated rings. The maximum atomic E-state index is 13.5. The standard InChI is InChI=1S/C36H43ClN10O2/c1-19-12-28-26(16-41-44-28)31(32(19)37)30(33(39)23-8-9-29-24(13-23)15-42-45(29)3)20(2)43-25-10-11-49-36(14-25)18-46(34(36)22-6-7-22)35(48)47(40)17-27(38)21-4-5-21/h8-9,12-13,15-17,21-22,25,34H,4-7,10-11,14,18,38-40H2,1-3H3,(H,41,44)/b27-17-,33-30+,43-20?. The topological polar surface area (TPSA) is 170 Å². The summed E-state index contributed by atoms with van der Waals surface area (Å²) in [5.41, 5.74) is 20.1. The number of H-pyrrole nitrogens is 1. The van der Waals surface area contributed by atoms with Crippen molar-refractivity contribution >= 4 is 56.4 Å². The maximum absolute atomic E-state index is 13.5. The number of nitrogens with zero attached hydrogens (tertiary/aromatic N) is 6. The molecule has 0 bridgehead atoms. The van der Waals surface area contributed by atoms with Gasteiger partial charge < -0.3 is 21.1 Å². The number of aryl methyl sites for hydroxylation is 2. The Morgan fingerprint density at radius 2 is 1.98 bits per heavy atom. The molecule has 0 radical (unpaired) electrons. The number of nitrogens with one attached hydrogen (secondary N) is 1. The Balaban J connectivity index is 1.14. The SMILES string of the molecule is CC(=NC1CCOC2(C1)CN(C(=O)N(N)/C=C(\N)C1CC1)C2C1CC1)/C(=C(\N)c1ccc2c(cnn2C)c1)c1c(Cl)c(C)cc2[nH]ncc12. The first kappa shape index (κ1) is 31.9. The Morgan fingerprint density at radius 1 is 1.18 bits per heavy atom. The fourth-order valence-corrected chi connectivity index (χ4v) is 8.23. The highest BCUT2D eigenvalue weighted by molar-refractivity contribution is 6.40. The number of halogens is 1. The average Bonchev–Trinajstić information content (AvgIpc) is 4.01. The van der Waals surface area contributed by atoms with E-state index in [1.165, 1.54) is 0 Å². The highest BCUT2D eigenvalue weighted by Crippen LogP contribution is 2.51. The normalized spacial score (nSPS) is 25.2. The summed E-state index contributed by atoms with van der Waals surface area (Å²) in [5, 5.41) is 15.5. The highest BCUT2D eigenvalue weighted by Gasteiger charge is 2.62. The fourth-order valence-electron chi connectivity index (χ4n) is 7.97. The first-order valence-corrected chi connectivity index (χ1v) is 17.5. The van der Waals surface area contributed by atoms with Gasteiger partial charge in [0.05, 0.1) is 47.1 Å². The number of fused-ring (bicyclic) bond motifs is 2. The number of amides is 2. The molecular weight excluding hydrogens is 640 g/mol. The summed E-state index contributed by atoms with van der Waals surface area (Å²) in [6.07, 6.45) is 10.9. The lowest BCUT2D eigenvalue weighted by Crippen LogP contribution is -2.76. The van der Waals surface area contributed by atoms with Crippen LogP contribution in [0.5, 0.6) is 0 Å². The van der Waals surface area contributed by atoms with Crippen molar-refractivity contribution in [2.24, 2.45) is 41.2 Å². The lowest BCUT2D eigenvalue weighted by atomic mass is 9.74. The van der Waals surface area contributed by atoms with Gasteiger partial charge in [0.15, 0.2) is 0 Å². The molecule has 2 saturated heterocycles. The van der Waals surface area contributed by atoms with Gasteiger partial charge in [0.2, 0.25) is 0 Å². The van der Waals surface area contributed by atoms with E-state index in [1.54, 1.807) is 12.4 Å². The van der Waals surface area contributed by atoms with Gasteiger partial charge in [-0.3, -0.25) is 14.8 Å². The lowest BCUT2D eigenvalue weighted by molar-refractivity contribution is -0.201. The van der Waals surface area contributed by atoms with E-state index in [1.807, 2.05) is 54.9 Å². The Bertz CT molecular complexity index is 2070.